The van der Waals surface area contributed by atoms with Crippen molar-refractivity contribution in [3.8, 4) is 0 Å². The minimum absolute atomic E-state index is 0.0495. The highest BCUT2D eigenvalue weighted by Gasteiger charge is 2.42. The summed E-state index contributed by atoms with van der Waals surface area (Å²) in [7, 11) is 0. The normalized spacial score (nSPS) is 13.9. The summed E-state index contributed by atoms with van der Waals surface area (Å²) in [5.74, 6) is -0.0323. The smallest absolute Gasteiger partial charge is 0.289 e. The van der Waals surface area contributed by atoms with Gasteiger partial charge in [0.2, 0.25) is 0 Å². The number of hydrogen-bond acceptors (Lipinski definition) is 4. The second kappa shape index (κ2) is 15.7. The van der Waals surface area contributed by atoms with Crippen LogP contribution < -0.4 is 0 Å². The average molecular weight is 359 g/mol. The van der Waals surface area contributed by atoms with Crippen molar-refractivity contribution >= 4 is 0 Å². The molecule has 4 nitrogen and oxygen atoms in total. The van der Waals surface area contributed by atoms with Crippen LogP contribution in [-0.2, 0) is 18.9 Å². The fourth-order valence-corrected chi connectivity index (χ4v) is 2.93. The van der Waals surface area contributed by atoms with E-state index in [0.29, 0.717) is 26.4 Å². The molecule has 0 radical (unpaired) electrons. The molecule has 0 saturated carbocycles. The number of rotatable bonds is 17. The number of unbranched alkanes of at least 4 members (excludes halogenated alkanes) is 5. The van der Waals surface area contributed by atoms with Crippen LogP contribution in [0.1, 0.15) is 86.5 Å². The molecule has 1 unspecified atom stereocenters. The number of hydrogen-bond donors (Lipinski definition) is 0. The van der Waals surface area contributed by atoms with E-state index < -0.39 is 5.97 Å². The lowest BCUT2D eigenvalue weighted by molar-refractivity contribution is -0.405. The lowest BCUT2D eigenvalue weighted by Gasteiger charge is -2.39. The second-order valence-corrected chi connectivity index (χ2v) is 6.37. The van der Waals surface area contributed by atoms with Gasteiger partial charge in [0.05, 0.1) is 18.3 Å². The van der Waals surface area contributed by atoms with E-state index in [2.05, 4.69) is 6.92 Å². The molecular formula is C21H42O4. The van der Waals surface area contributed by atoms with Gasteiger partial charge in [-0.2, -0.15) is 0 Å². The molecule has 0 rings (SSSR count). The van der Waals surface area contributed by atoms with Crippen LogP contribution >= 0.6 is 0 Å². The molecular weight excluding hydrogens is 316 g/mol. The summed E-state index contributed by atoms with van der Waals surface area (Å²) < 4.78 is 23.9. The topological polar surface area (TPSA) is 36.9 Å². The SMILES string of the molecule is CC=C(C)OCC(CCCCCCCC)C(OCC)(OCC)OCC. The Kier molecular flexibility index (Phi) is 15.3. The molecule has 0 spiro atoms. The maximum absolute atomic E-state index is 5.99. The Hall–Kier alpha value is -0.580. The molecule has 0 amide bonds. The Morgan fingerprint density at radius 3 is 1.84 bits per heavy atom. The molecule has 0 aliphatic rings. The molecule has 0 heterocycles. The van der Waals surface area contributed by atoms with Crippen molar-refractivity contribution < 1.29 is 18.9 Å². The van der Waals surface area contributed by atoms with Crippen molar-refractivity contribution in [2.45, 2.75) is 92.5 Å². The van der Waals surface area contributed by atoms with Crippen molar-refractivity contribution in [1.82, 2.24) is 0 Å². The van der Waals surface area contributed by atoms with Crippen molar-refractivity contribution in [1.29, 1.82) is 0 Å². The molecule has 4 heteroatoms. The molecule has 0 fully saturated rings. The summed E-state index contributed by atoms with van der Waals surface area (Å²) in [6, 6.07) is 0. The lowest BCUT2D eigenvalue weighted by Crippen LogP contribution is -2.48. The van der Waals surface area contributed by atoms with Gasteiger partial charge < -0.3 is 18.9 Å². The van der Waals surface area contributed by atoms with E-state index >= 15 is 0 Å². The molecule has 0 aromatic rings. The minimum atomic E-state index is -1.00. The summed E-state index contributed by atoms with van der Waals surface area (Å²) in [5, 5.41) is 0. The van der Waals surface area contributed by atoms with Gasteiger partial charge in [0.15, 0.2) is 0 Å². The molecule has 0 aliphatic carbocycles. The first kappa shape index (κ1) is 24.4. The maximum atomic E-state index is 5.99. The molecule has 0 aromatic carbocycles. The van der Waals surface area contributed by atoms with Crippen LogP contribution in [0.15, 0.2) is 11.8 Å². The van der Waals surface area contributed by atoms with Crippen molar-refractivity contribution in [3.05, 3.63) is 11.8 Å². The van der Waals surface area contributed by atoms with Crippen LogP contribution in [0.5, 0.6) is 0 Å². The van der Waals surface area contributed by atoms with E-state index in [0.717, 1.165) is 18.6 Å². The van der Waals surface area contributed by atoms with Crippen LogP contribution in [0.2, 0.25) is 0 Å². The van der Waals surface area contributed by atoms with Crippen molar-refractivity contribution in [3.63, 3.8) is 0 Å². The Balaban J connectivity index is 4.93. The third kappa shape index (κ3) is 10.2. The molecule has 0 bridgehead atoms. The maximum Gasteiger partial charge on any atom is 0.289 e. The number of ether oxygens (including phenoxy) is 4. The van der Waals surface area contributed by atoms with Crippen molar-refractivity contribution in [2.75, 3.05) is 26.4 Å². The van der Waals surface area contributed by atoms with Gasteiger partial charge in [-0.15, -0.1) is 0 Å². The molecule has 25 heavy (non-hydrogen) atoms. The lowest BCUT2D eigenvalue weighted by atomic mass is 9.98. The Labute approximate surface area is 156 Å². The molecule has 0 aliphatic heterocycles. The van der Waals surface area contributed by atoms with Crippen LogP contribution in [-0.4, -0.2) is 32.4 Å². The van der Waals surface area contributed by atoms with Gasteiger partial charge in [0, 0.05) is 19.8 Å². The van der Waals surface area contributed by atoms with Gasteiger partial charge in [0.25, 0.3) is 5.97 Å². The van der Waals surface area contributed by atoms with Crippen LogP contribution in [0, 0.1) is 5.92 Å². The van der Waals surface area contributed by atoms with Gasteiger partial charge >= 0.3 is 0 Å². The first-order valence-corrected chi connectivity index (χ1v) is 10.3. The van der Waals surface area contributed by atoms with E-state index in [9.17, 15) is 0 Å². The molecule has 1 atom stereocenters. The molecule has 0 saturated heterocycles. The highest BCUT2D eigenvalue weighted by molar-refractivity contribution is 4.85. The average Bonchev–Trinajstić information content (AvgIpc) is 2.60. The predicted octanol–water partition coefficient (Wildman–Crippen LogP) is 6.06. The Morgan fingerprint density at radius 2 is 1.36 bits per heavy atom. The highest BCUT2D eigenvalue weighted by atomic mass is 16.9. The van der Waals surface area contributed by atoms with Crippen molar-refractivity contribution in [2.24, 2.45) is 5.92 Å². The van der Waals surface area contributed by atoms with Gasteiger partial charge in [-0.3, -0.25) is 0 Å². The minimum Gasteiger partial charge on any atom is -0.498 e. The van der Waals surface area contributed by atoms with E-state index in [-0.39, 0.29) is 5.92 Å². The van der Waals surface area contributed by atoms with Gasteiger partial charge in [-0.25, -0.2) is 0 Å². The zero-order valence-electron chi connectivity index (χ0n) is 17.6. The Morgan fingerprint density at radius 1 is 0.840 bits per heavy atom. The Bertz CT molecular complexity index is 311. The fraction of sp³-hybridized carbons (Fsp3) is 0.905. The van der Waals surface area contributed by atoms with Crippen LogP contribution in [0.25, 0.3) is 0 Å². The predicted molar refractivity (Wildman–Crippen MR) is 104 cm³/mol. The summed E-state index contributed by atoms with van der Waals surface area (Å²) in [6.45, 7) is 14.3. The number of allylic oxidation sites excluding steroid dienone is 2. The molecule has 150 valence electrons. The summed E-state index contributed by atoms with van der Waals surface area (Å²) in [6.07, 6.45) is 10.5. The largest absolute Gasteiger partial charge is 0.498 e. The summed E-state index contributed by atoms with van der Waals surface area (Å²) in [5.41, 5.74) is 0. The third-order valence-electron chi connectivity index (χ3n) is 4.36. The van der Waals surface area contributed by atoms with E-state index in [1.54, 1.807) is 0 Å². The zero-order chi connectivity index (χ0) is 19.0. The highest BCUT2D eigenvalue weighted by Crippen LogP contribution is 2.31. The summed E-state index contributed by atoms with van der Waals surface area (Å²) in [4.78, 5) is 0. The van der Waals surface area contributed by atoms with Crippen LogP contribution in [0.3, 0.4) is 0 Å². The van der Waals surface area contributed by atoms with E-state index in [4.69, 9.17) is 18.9 Å². The van der Waals surface area contributed by atoms with Gasteiger partial charge in [-0.05, 0) is 41.0 Å². The second-order valence-electron chi connectivity index (χ2n) is 6.37. The van der Waals surface area contributed by atoms with Gasteiger partial charge in [-0.1, -0.05) is 51.5 Å². The first-order chi connectivity index (χ1) is 12.1. The standard InChI is InChI=1S/C21H42O4/c1-7-12-13-14-15-16-17-20(18-22-19(6)8-2)21(23-9-3,24-10-4)25-11-5/h8,20H,7,9-18H2,1-6H3. The first-order valence-electron chi connectivity index (χ1n) is 10.3. The fourth-order valence-electron chi connectivity index (χ4n) is 2.93. The quantitative estimate of drug-likeness (QED) is 0.180. The molecule has 0 N–H and O–H groups in total. The third-order valence-corrected chi connectivity index (χ3v) is 4.36. The monoisotopic (exact) mass is 358 g/mol. The van der Waals surface area contributed by atoms with Crippen LogP contribution in [0.4, 0.5) is 0 Å². The van der Waals surface area contributed by atoms with E-state index in [1.807, 2.05) is 40.7 Å². The molecule has 0 aromatic heterocycles. The summed E-state index contributed by atoms with van der Waals surface area (Å²) >= 11 is 0. The van der Waals surface area contributed by atoms with Gasteiger partial charge in [0.1, 0.15) is 0 Å². The van der Waals surface area contributed by atoms with E-state index in [1.165, 1.54) is 32.1 Å². The zero-order valence-corrected chi connectivity index (χ0v) is 17.6.